The maximum atomic E-state index is 12.4. The van der Waals surface area contributed by atoms with Gasteiger partial charge in [-0.05, 0) is 224 Å². The minimum Gasteiger partial charge on any atom is -0.393 e. The first-order valence-corrected chi connectivity index (χ1v) is 24.8. The summed E-state index contributed by atoms with van der Waals surface area (Å²) in [5, 5.41) is 42.4. The van der Waals surface area contributed by atoms with Crippen molar-refractivity contribution in [3.63, 3.8) is 0 Å². The molecule has 15 atom stereocenters. The second-order valence-corrected chi connectivity index (χ2v) is 23.0. The fourth-order valence-corrected chi connectivity index (χ4v) is 18.1. The predicted octanol–water partition coefficient (Wildman–Crippen LogP) is 11.3. The van der Waals surface area contributed by atoms with Crippen LogP contribution in [0.15, 0.2) is 48.5 Å². The van der Waals surface area contributed by atoms with Gasteiger partial charge in [-0.15, -0.1) is 0 Å². The molecule has 4 heteroatoms. The Morgan fingerprint density at radius 2 is 1.62 bits per heavy atom. The van der Waals surface area contributed by atoms with Gasteiger partial charge in [0.25, 0.3) is 0 Å². The molecule has 2 aliphatic heterocycles. The van der Waals surface area contributed by atoms with Gasteiger partial charge in [-0.2, -0.15) is 0 Å². The Kier molecular flexibility index (Phi) is 9.58. The van der Waals surface area contributed by atoms with Gasteiger partial charge in [-0.25, -0.2) is 0 Å². The fourth-order valence-electron chi connectivity index (χ4n) is 18.1. The molecule has 0 radical (unpaired) electrons. The molecule has 2 spiro atoms. The van der Waals surface area contributed by atoms with Crippen molar-refractivity contribution in [2.75, 3.05) is 13.1 Å². The Labute approximate surface area is 349 Å². The number of aryl methyl sites for hydroxylation is 2. The van der Waals surface area contributed by atoms with E-state index in [0.29, 0.717) is 41.5 Å². The number of aliphatic hydroxyl groups is 3. The van der Waals surface area contributed by atoms with Gasteiger partial charge in [0.05, 0.1) is 17.8 Å². The van der Waals surface area contributed by atoms with E-state index >= 15 is 0 Å². The zero-order valence-electron chi connectivity index (χ0n) is 36.3. The van der Waals surface area contributed by atoms with Crippen LogP contribution in [0.25, 0.3) is 21.5 Å². The molecule has 3 N–H and O–H groups in total. The molecule has 15 unspecified atom stereocenters. The highest BCUT2D eigenvalue weighted by atomic mass is 16.3. The monoisotopic (exact) mass is 786 g/mol. The van der Waals surface area contributed by atoms with E-state index in [1.165, 1.54) is 129 Å². The molecule has 58 heavy (non-hydrogen) atoms. The summed E-state index contributed by atoms with van der Waals surface area (Å²) in [7, 11) is 0. The fraction of sp³-hybridized carbons (Fsp3) is 0.741. The standard InChI is InChI=1S/C54H75NO3/c1-4-5-6-9-37-10-7-11-39-25-38-16-15-35(24-40(38)26-41(37)39)13-14-36-20-23-52(29-36)33-54-22-8-21-53(30-47(56)46(54)28-50(52)57)45-18-17-44-43(42(45)27-48(53)54)32-55-31-34(2)12-19-49(55)51(44,3)58/h7,10-11,15-16,24-26,34,36,42-50,56-58H,4-6,8-9,12-14,17-23,27-33H2,1-3H3. The summed E-state index contributed by atoms with van der Waals surface area (Å²) < 4.78 is 0. The van der Waals surface area contributed by atoms with Crippen molar-refractivity contribution in [3.05, 3.63) is 59.7 Å². The number of hydrogen-bond donors (Lipinski definition) is 3. The molecule has 6 aliphatic carbocycles. The summed E-state index contributed by atoms with van der Waals surface area (Å²) in [6, 6.07) is 19.3. The van der Waals surface area contributed by atoms with Gasteiger partial charge < -0.3 is 15.3 Å². The van der Waals surface area contributed by atoms with Crippen LogP contribution in [0.5, 0.6) is 0 Å². The first-order valence-electron chi connectivity index (χ1n) is 24.8. The topological polar surface area (TPSA) is 63.9 Å². The Morgan fingerprint density at radius 3 is 2.50 bits per heavy atom. The van der Waals surface area contributed by atoms with E-state index in [1.54, 1.807) is 0 Å². The van der Waals surface area contributed by atoms with Gasteiger partial charge in [-0.3, -0.25) is 4.90 Å². The molecule has 8 aliphatic rings. The van der Waals surface area contributed by atoms with Gasteiger partial charge in [0.15, 0.2) is 0 Å². The van der Waals surface area contributed by atoms with E-state index in [1.807, 2.05) is 0 Å². The summed E-state index contributed by atoms with van der Waals surface area (Å²) >= 11 is 0. The Hall–Kier alpha value is -1.98. The van der Waals surface area contributed by atoms with Gasteiger partial charge in [0.1, 0.15) is 0 Å². The Bertz CT molecular complexity index is 2020. The van der Waals surface area contributed by atoms with Crippen molar-refractivity contribution in [1.29, 1.82) is 0 Å². The van der Waals surface area contributed by atoms with Crippen molar-refractivity contribution < 1.29 is 15.3 Å². The number of unbranched alkanes of at least 4 members (excludes halogenated alkanes) is 2. The zero-order valence-corrected chi connectivity index (χ0v) is 36.3. The van der Waals surface area contributed by atoms with Crippen LogP contribution in [0.2, 0.25) is 0 Å². The lowest BCUT2D eigenvalue weighted by molar-refractivity contribution is -0.231. The number of fused-ring (bicyclic) bond motifs is 6. The molecule has 8 fully saturated rings. The lowest BCUT2D eigenvalue weighted by atomic mass is 9.38. The van der Waals surface area contributed by atoms with E-state index < -0.39 is 5.60 Å². The zero-order chi connectivity index (χ0) is 39.6. The van der Waals surface area contributed by atoms with Crippen molar-refractivity contribution in [3.8, 4) is 0 Å². The highest BCUT2D eigenvalue weighted by molar-refractivity contribution is 5.99. The Balaban J connectivity index is 0.829. The van der Waals surface area contributed by atoms with E-state index in [2.05, 4.69) is 74.2 Å². The molecule has 11 rings (SSSR count). The third kappa shape index (κ3) is 5.86. The maximum Gasteiger partial charge on any atom is 0.0805 e. The molecule has 6 saturated carbocycles. The van der Waals surface area contributed by atoms with Crippen molar-refractivity contribution in [2.24, 2.45) is 63.6 Å². The molecule has 0 amide bonds. The first kappa shape index (κ1) is 38.9. The maximum absolute atomic E-state index is 12.4. The normalized spacial score (nSPS) is 45.8. The Morgan fingerprint density at radius 1 is 0.759 bits per heavy atom. The molecule has 0 aromatic heterocycles. The van der Waals surface area contributed by atoms with Crippen LogP contribution >= 0.6 is 0 Å². The van der Waals surface area contributed by atoms with Gasteiger partial charge in [0.2, 0.25) is 0 Å². The second-order valence-electron chi connectivity index (χ2n) is 23.0. The van der Waals surface area contributed by atoms with Gasteiger partial charge >= 0.3 is 0 Å². The van der Waals surface area contributed by atoms with Crippen LogP contribution in [0, 0.1) is 63.6 Å². The highest BCUT2D eigenvalue weighted by Gasteiger charge is 2.73. The third-order valence-corrected chi connectivity index (χ3v) is 20.4. The molecule has 2 bridgehead atoms. The second kappa shape index (κ2) is 14.3. The molecule has 2 saturated heterocycles. The van der Waals surface area contributed by atoms with Crippen LogP contribution in [0.4, 0.5) is 0 Å². The number of aliphatic hydroxyl groups excluding tert-OH is 2. The molecular formula is C54H75NO3. The number of rotatable bonds is 7. The molecule has 3 aromatic carbocycles. The summed E-state index contributed by atoms with van der Waals surface area (Å²) in [5.41, 5.74) is 2.82. The molecular weight excluding hydrogens is 711 g/mol. The predicted molar refractivity (Wildman–Crippen MR) is 237 cm³/mol. The largest absolute Gasteiger partial charge is 0.393 e. The van der Waals surface area contributed by atoms with Crippen LogP contribution in [-0.4, -0.2) is 57.2 Å². The lowest BCUT2D eigenvalue weighted by Gasteiger charge is -2.68. The number of benzene rings is 3. The highest BCUT2D eigenvalue weighted by Crippen LogP contribution is 2.78. The van der Waals surface area contributed by atoms with Crippen LogP contribution < -0.4 is 0 Å². The van der Waals surface area contributed by atoms with E-state index in [9.17, 15) is 15.3 Å². The number of hydrogen-bond acceptors (Lipinski definition) is 4. The average Bonchev–Trinajstić information content (AvgIpc) is 3.78. The van der Waals surface area contributed by atoms with E-state index in [-0.39, 0.29) is 34.4 Å². The van der Waals surface area contributed by atoms with Gasteiger partial charge in [-0.1, -0.05) is 69.5 Å². The smallest absolute Gasteiger partial charge is 0.0805 e. The summed E-state index contributed by atoms with van der Waals surface area (Å²) in [6.07, 6.45) is 23.4. The average molecular weight is 786 g/mol. The van der Waals surface area contributed by atoms with E-state index in [0.717, 1.165) is 51.0 Å². The SMILES string of the molecule is CCCCCc1cccc2cc3ccc(CCC4CCC5(C4)CC46CCCC7(CC(O)C4CC5O)C4CCC5C(CN8CC(C)CCC8C5(C)O)C4CC67)cc3cc12. The van der Waals surface area contributed by atoms with Crippen molar-refractivity contribution >= 4 is 21.5 Å². The summed E-state index contributed by atoms with van der Waals surface area (Å²) in [5.74, 6) is 4.72. The van der Waals surface area contributed by atoms with Crippen LogP contribution in [0.1, 0.15) is 147 Å². The molecule has 4 nitrogen and oxygen atoms in total. The lowest BCUT2D eigenvalue weighted by Crippen LogP contribution is -2.67. The number of piperidine rings is 2. The van der Waals surface area contributed by atoms with Crippen molar-refractivity contribution in [2.45, 2.75) is 173 Å². The molecule has 3 aromatic rings. The van der Waals surface area contributed by atoms with E-state index in [4.69, 9.17) is 0 Å². The molecule has 2 heterocycles. The van der Waals surface area contributed by atoms with Gasteiger partial charge in [0, 0.05) is 19.1 Å². The third-order valence-electron chi connectivity index (χ3n) is 20.4. The number of nitrogens with zero attached hydrogens (tertiary/aromatic N) is 1. The van der Waals surface area contributed by atoms with Crippen LogP contribution in [0.3, 0.4) is 0 Å². The quantitative estimate of drug-likeness (QED) is 0.165. The summed E-state index contributed by atoms with van der Waals surface area (Å²) in [6.45, 7) is 9.28. The van der Waals surface area contributed by atoms with Crippen LogP contribution in [-0.2, 0) is 12.8 Å². The first-order chi connectivity index (χ1) is 28.0. The summed E-state index contributed by atoms with van der Waals surface area (Å²) in [4.78, 5) is 2.75. The van der Waals surface area contributed by atoms with Crippen molar-refractivity contribution in [1.82, 2.24) is 4.90 Å². The minimum atomic E-state index is -0.592. The minimum absolute atomic E-state index is 0.0136. The molecule has 314 valence electrons.